The molecule has 0 aliphatic rings. The van der Waals surface area contributed by atoms with Crippen molar-refractivity contribution in [3.8, 4) is 5.75 Å². The number of aliphatic imine (C=N–C) groups is 1. The quantitative estimate of drug-likeness (QED) is 0.373. The van der Waals surface area contributed by atoms with Crippen LogP contribution in [-0.2, 0) is 6.54 Å². The summed E-state index contributed by atoms with van der Waals surface area (Å²) in [6.45, 7) is 6.45. The Balaban J connectivity index is 1.74. The standard InChI is InChI=1S/C21H29FN4O2/c1-3-23-21(24-13-7-9-15-26-14-8-6-12-20(26)27)25-16-17(2)28-19-11-5-4-10-18(19)22/h4-6,8,10-12,14,17H,3,7,9,13,15-16H2,1-2H3,(H2,23,24,25). The van der Waals surface area contributed by atoms with Gasteiger partial charge in [-0.2, -0.15) is 0 Å². The molecule has 1 aromatic heterocycles. The van der Waals surface area contributed by atoms with Gasteiger partial charge in [0.15, 0.2) is 17.5 Å². The Morgan fingerprint density at radius 2 is 1.96 bits per heavy atom. The molecule has 0 saturated heterocycles. The van der Waals surface area contributed by atoms with Gasteiger partial charge in [0.05, 0.1) is 6.54 Å². The van der Waals surface area contributed by atoms with Gasteiger partial charge in [0.1, 0.15) is 6.10 Å². The van der Waals surface area contributed by atoms with Crippen molar-refractivity contribution in [2.45, 2.75) is 39.3 Å². The topological polar surface area (TPSA) is 67.7 Å². The van der Waals surface area contributed by atoms with E-state index in [2.05, 4.69) is 15.6 Å². The van der Waals surface area contributed by atoms with Crippen LogP contribution in [0.1, 0.15) is 26.7 Å². The second-order valence-electron chi connectivity index (χ2n) is 6.44. The van der Waals surface area contributed by atoms with Crippen LogP contribution in [0, 0.1) is 5.82 Å². The lowest BCUT2D eigenvalue weighted by molar-refractivity contribution is 0.220. The molecule has 7 heteroatoms. The van der Waals surface area contributed by atoms with Crippen molar-refractivity contribution in [2.24, 2.45) is 4.99 Å². The number of para-hydroxylation sites is 1. The highest BCUT2D eigenvalue weighted by Gasteiger charge is 2.08. The highest BCUT2D eigenvalue weighted by Crippen LogP contribution is 2.16. The molecular formula is C21H29FN4O2. The predicted octanol–water partition coefficient (Wildman–Crippen LogP) is 2.79. The zero-order valence-electron chi connectivity index (χ0n) is 16.5. The van der Waals surface area contributed by atoms with Gasteiger partial charge in [-0.15, -0.1) is 0 Å². The zero-order chi connectivity index (χ0) is 20.2. The first-order valence-electron chi connectivity index (χ1n) is 9.69. The van der Waals surface area contributed by atoms with Crippen molar-refractivity contribution in [3.05, 3.63) is 64.8 Å². The summed E-state index contributed by atoms with van der Waals surface area (Å²) >= 11 is 0. The molecule has 1 unspecified atom stereocenters. The Morgan fingerprint density at radius 3 is 2.71 bits per heavy atom. The first-order chi connectivity index (χ1) is 13.6. The average Bonchev–Trinajstić information content (AvgIpc) is 2.69. The summed E-state index contributed by atoms with van der Waals surface area (Å²) < 4.78 is 21.0. The maximum absolute atomic E-state index is 13.6. The van der Waals surface area contributed by atoms with Crippen molar-refractivity contribution in [1.29, 1.82) is 0 Å². The number of halogens is 1. The Bertz CT molecular complexity index is 807. The van der Waals surface area contributed by atoms with Gasteiger partial charge in [0, 0.05) is 31.9 Å². The Labute approximate surface area is 165 Å². The molecule has 0 spiro atoms. The summed E-state index contributed by atoms with van der Waals surface area (Å²) in [7, 11) is 0. The molecule has 0 radical (unpaired) electrons. The SMILES string of the molecule is CCNC(=NCC(C)Oc1ccccc1F)NCCCCn1ccccc1=O. The van der Waals surface area contributed by atoms with Crippen molar-refractivity contribution >= 4 is 5.96 Å². The second kappa shape index (κ2) is 11.8. The van der Waals surface area contributed by atoms with Crippen LogP contribution in [0.5, 0.6) is 5.75 Å². The maximum Gasteiger partial charge on any atom is 0.250 e. The molecule has 1 aromatic carbocycles. The number of aryl methyl sites for hydroxylation is 1. The van der Waals surface area contributed by atoms with Crippen LogP contribution in [0.3, 0.4) is 0 Å². The second-order valence-corrected chi connectivity index (χ2v) is 6.44. The molecule has 0 saturated carbocycles. The number of nitrogens with zero attached hydrogens (tertiary/aromatic N) is 2. The molecule has 0 amide bonds. The number of hydrogen-bond donors (Lipinski definition) is 2. The monoisotopic (exact) mass is 388 g/mol. The Morgan fingerprint density at radius 1 is 1.18 bits per heavy atom. The van der Waals surface area contributed by atoms with Crippen LogP contribution in [0.2, 0.25) is 0 Å². The van der Waals surface area contributed by atoms with Gasteiger partial charge in [-0.3, -0.25) is 4.79 Å². The van der Waals surface area contributed by atoms with Gasteiger partial charge in [0.25, 0.3) is 0 Å². The minimum Gasteiger partial charge on any atom is -0.486 e. The van der Waals surface area contributed by atoms with Gasteiger partial charge in [-0.25, -0.2) is 9.38 Å². The van der Waals surface area contributed by atoms with Gasteiger partial charge in [-0.05, 0) is 44.9 Å². The molecule has 1 heterocycles. The van der Waals surface area contributed by atoms with E-state index in [-0.39, 0.29) is 23.2 Å². The van der Waals surface area contributed by atoms with Crippen molar-refractivity contribution in [3.63, 3.8) is 0 Å². The largest absolute Gasteiger partial charge is 0.486 e. The molecular weight excluding hydrogens is 359 g/mol. The molecule has 0 fully saturated rings. The molecule has 152 valence electrons. The number of aromatic nitrogens is 1. The van der Waals surface area contributed by atoms with E-state index < -0.39 is 0 Å². The van der Waals surface area contributed by atoms with Gasteiger partial charge in [-0.1, -0.05) is 18.2 Å². The van der Waals surface area contributed by atoms with Crippen molar-refractivity contribution in [2.75, 3.05) is 19.6 Å². The molecule has 2 aromatic rings. The number of benzene rings is 1. The van der Waals surface area contributed by atoms with E-state index in [0.29, 0.717) is 19.0 Å². The van der Waals surface area contributed by atoms with Crippen LogP contribution in [-0.4, -0.2) is 36.3 Å². The van der Waals surface area contributed by atoms with Crippen LogP contribution in [0.25, 0.3) is 0 Å². The van der Waals surface area contributed by atoms with E-state index >= 15 is 0 Å². The maximum atomic E-state index is 13.6. The lowest BCUT2D eigenvalue weighted by Gasteiger charge is -2.15. The lowest BCUT2D eigenvalue weighted by Crippen LogP contribution is -2.38. The number of rotatable bonds is 10. The van der Waals surface area contributed by atoms with Crippen LogP contribution in [0.15, 0.2) is 58.4 Å². The lowest BCUT2D eigenvalue weighted by atomic mass is 10.3. The van der Waals surface area contributed by atoms with Crippen LogP contribution >= 0.6 is 0 Å². The van der Waals surface area contributed by atoms with Gasteiger partial charge >= 0.3 is 0 Å². The molecule has 6 nitrogen and oxygen atoms in total. The van der Waals surface area contributed by atoms with E-state index in [1.165, 1.54) is 6.07 Å². The minimum atomic E-state index is -0.374. The van der Waals surface area contributed by atoms with Crippen molar-refractivity contribution in [1.82, 2.24) is 15.2 Å². The summed E-state index contributed by atoms with van der Waals surface area (Å²) in [6, 6.07) is 11.5. The summed E-state index contributed by atoms with van der Waals surface area (Å²) in [5.74, 6) is 0.559. The molecule has 0 bridgehead atoms. The third kappa shape index (κ3) is 7.42. The van der Waals surface area contributed by atoms with E-state index in [0.717, 1.165) is 25.9 Å². The third-order valence-electron chi connectivity index (χ3n) is 4.03. The number of pyridine rings is 1. The first-order valence-corrected chi connectivity index (χ1v) is 9.69. The zero-order valence-corrected chi connectivity index (χ0v) is 16.5. The molecule has 2 rings (SSSR count). The smallest absolute Gasteiger partial charge is 0.250 e. The summed E-state index contributed by atoms with van der Waals surface area (Å²) in [4.78, 5) is 16.2. The molecule has 0 aliphatic heterocycles. The fourth-order valence-corrected chi connectivity index (χ4v) is 2.62. The third-order valence-corrected chi connectivity index (χ3v) is 4.03. The Kier molecular flexibility index (Phi) is 9.04. The fourth-order valence-electron chi connectivity index (χ4n) is 2.62. The van der Waals surface area contributed by atoms with E-state index in [4.69, 9.17) is 4.74 Å². The fraction of sp³-hybridized carbons (Fsp3) is 0.429. The van der Waals surface area contributed by atoms with Crippen molar-refractivity contribution < 1.29 is 9.13 Å². The number of hydrogen-bond acceptors (Lipinski definition) is 3. The average molecular weight is 388 g/mol. The van der Waals surface area contributed by atoms with Crippen LogP contribution in [0.4, 0.5) is 4.39 Å². The van der Waals surface area contributed by atoms with E-state index in [9.17, 15) is 9.18 Å². The predicted molar refractivity (Wildman–Crippen MR) is 110 cm³/mol. The van der Waals surface area contributed by atoms with Gasteiger partial charge < -0.3 is 19.9 Å². The highest BCUT2D eigenvalue weighted by atomic mass is 19.1. The molecule has 1 atom stereocenters. The molecule has 0 aliphatic carbocycles. The summed E-state index contributed by atoms with van der Waals surface area (Å²) in [5.41, 5.74) is 0.0224. The number of unbranched alkanes of at least 4 members (excludes halogenated alkanes) is 1. The summed E-state index contributed by atoms with van der Waals surface area (Å²) in [5, 5.41) is 6.46. The number of ether oxygens (including phenoxy) is 1. The highest BCUT2D eigenvalue weighted by molar-refractivity contribution is 5.79. The van der Waals surface area contributed by atoms with Crippen LogP contribution < -0.4 is 20.9 Å². The summed E-state index contributed by atoms with van der Waals surface area (Å²) in [6.07, 6.45) is 3.35. The minimum absolute atomic E-state index is 0.0224. The first kappa shape index (κ1) is 21.5. The van der Waals surface area contributed by atoms with Gasteiger partial charge in [0.2, 0.25) is 5.56 Å². The molecule has 28 heavy (non-hydrogen) atoms. The number of nitrogens with one attached hydrogen (secondary N) is 2. The normalized spacial score (nSPS) is 12.5. The number of guanidine groups is 1. The van der Waals surface area contributed by atoms with E-state index in [1.807, 2.05) is 19.9 Å². The molecule has 2 N–H and O–H groups in total. The van der Waals surface area contributed by atoms with E-state index in [1.54, 1.807) is 41.1 Å². The Hall–Kier alpha value is -2.83.